The van der Waals surface area contributed by atoms with Crippen molar-refractivity contribution in [1.29, 1.82) is 0 Å². The fourth-order valence-corrected chi connectivity index (χ4v) is 1.93. The van der Waals surface area contributed by atoms with E-state index >= 15 is 0 Å². The van der Waals surface area contributed by atoms with Crippen LogP contribution >= 0.6 is 0 Å². The maximum absolute atomic E-state index is 12.3. The van der Waals surface area contributed by atoms with Crippen molar-refractivity contribution < 1.29 is 14.7 Å². The zero-order chi connectivity index (χ0) is 14.4. The highest BCUT2D eigenvalue weighted by molar-refractivity contribution is 5.95. The summed E-state index contributed by atoms with van der Waals surface area (Å²) in [6.45, 7) is -0.0382. The molecule has 1 N–H and O–H groups in total. The lowest BCUT2D eigenvalue weighted by molar-refractivity contribution is -0.137. The van der Waals surface area contributed by atoms with E-state index in [9.17, 15) is 9.59 Å². The first-order chi connectivity index (χ1) is 9.66. The third-order valence-corrected chi connectivity index (χ3v) is 2.85. The Labute approximate surface area is 117 Å². The summed E-state index contributed by atoms with van der Waals surface area (Å²) in [7, 11) is 0. The zero-order valence-corrected chi connectivity index (χ0v) is 10.9. The number of carboxylic acid groups (broad SMARTS) is 1. The highest BCUT2D eigenvalue weighted by atomic mass is 16.4. The number of benzene rings is 2. The van der Waals surface area contributed by atoms with Crippen molar-refractivity contribution >= 4 is 11.9 Å². The molecule has 0 saturated carbocycles. The SMILES string of the molecule is O=C(O)CN(Cc1ccccc1)C(=O)c1ccccc1. The zero-order valence-electron chi connectivity index (χ0n) is 10.9. The Bertz CT molecular complexity index is 581. The van der Waals surface area contributed by atoms with Gasteiger partial charge in [0.1, 0.15) is 6.54 Å². The molecule has 20 heavy (non-hydrogen) atoms. The summed E-state index contributed by atoms with van der Waals surface area (Å²) in [5.74, 6) is -1.30. The van der Waals surface area contributed by atoms with Gasteiger partial charge in [-0.2, -0.15) is 0 Å². The minimum atomic E-state index is -1.02. The summed E-state index contributed by atoms with van der Waals surface area (Å²) in [5.41, 5.74) is 1.39. The van der Waals surface area contributed by atoms with E-state index in [4.69, 9.17) is 5.11 Å². The molecule has 0 atom stereocenters. The molecule has 0 aliphatic rings. The Hall–Kier alpha value is -2.62. The van der Waals surface area contributed by atoms with E-state index in [-0.39, 0.29) is 19.0 Å². The number of carboxylic acids is 1. The maximum Gasteiger partial charge on any atom is 0.323 e. The van der Waals surface area contributed by atoms with E-state index in [1.54, 1.807) is 24.3 Å². The predicted molar refractivity (Wildman–Crippen MR) is 75.3 cm³/mol. The monoisotopic (exact) mass is 269 g/mol. The van der Waals surface area contributed by atoms with E-state index in [1.807, 2.05) is 36.4 Å². The van der Waals surface area contributed by atoms with E-state index in [0.717, 1.165) is 5.56 Å². The van der Waals surface area contributed by atoms with Crippen LogP contribution < -0.4 is 0 Å². The highest BCUT2D eigenvalue weighted by Crippen LogP contribution is 2.10. The molecule has 0 aliphatic carbocycles. The summed E-state index contributed by atoms with van der Waals surface area (Å²) in [5, 5.41) is 8.96. The number of hydrogen-bond donors (Lipinski definition) is 1. The minimum Gasteiger partial charge on any atom is -0.480 e. The van der Waals surface area contributed by atoms with Crippen molar-refractivity contribution in [3.05, 3.63) is 71.8 Å². The van der Waals surface area contributed by atoms with Crippen molar-refractivity contribution in [2.75, 3.05) is 6.54 Å². The molecule has 0 saturated heterocycles. The number of hydrogen-bond acceptors (Lipinski definition) is 2. The summed E-state index contributed by atoms with van der Waals surface area (Å²) >= 11 is 0. The van der Waals surface area contributed by atoms with E-state index in [0.29, 0.717) is 5.56 Å². The Morgan fingerprint density at radius 3 is 2.00 bits per heavy atom. The number of carbonyl (C=O) groups is 2. The third kappa shape index (κ3) is 3.68. The molecule has 0 fully saturated rings. The van der Waals surface area contributed by atoms with E-state index in [2.05, 4.69) is 0 Å². The number of rotatable bonds is 5. The molecule has 0 spiro atoms. The van der Waals surface area contributed by atoms with Crippen LogP contribution in [-0.4, -0.2) is 28.4 Å². The van der Waals surface area contributed by atoms with Gasteiger partial charge in [0.05, 0.1) is 0 Å². The first-order valence-corrected chi connectivity index (χ1v) is 6.27. The van der Waals surface area contributed by atoms with Gasteiger partial charge in [0.2, 0.25) is 0 Å². The Morgan fingerprint density at radius 2 is 1.45 bits per heavy atom. The molecule has 0 aliphatic heterocycles. The van der Waals surface area contributed by atoms with Crippen molar-refractivity contribution in [2.24, 2.45) is 0 Å². The Kier molecular flexibility index (Phi) is 4.50. The van der Waals surface area contributed by atoms with Crippen LogP contribution in [0, 0.1) is 0 Å². The fraction of sp³-hybridized carbons (Fsp3) is 0.125. The topological polar surface area (TPSA) is 57.6 Å². The van der Waals surface area contributed by atoms with Crippen molar-refractivity contribution in [3.63, 3.8) is 0 Å². The molecule has 2 rings (SSSR count). The number of aliphatic carboxylic acids is 1. The lowest BCUT2D eigenvalue weighted by Gasteiger charge is -2.21. The first kappa shape index (κ1) is 13.8. The van der Waals surface area contributed by atoms with E-state index in [1.165, 1.54) is 4.90 Å². The summed E-state index contributed by atoms with van der Waals surface area (Å²) in [6, 6.07) is 18.0. The molecule has 0 radical (unpaired) electrons. The first-order valence-electron chi connectivity index (χ1n) is 6.27. The average Bonchev–Trinajstić information content (AvgIpc) is 2.47. The largest absolute Gasteiger partial charge is 0.480 e. The van der Waals surface area contributed by atoms with Crippen LogP contribution in [-0.2, 0) is 11.3 Å². The maximum atomic E-state index is 12.3. The number of amides is 1. The molecule has 0 unspecified atom stereocenters. The van der Waals surface area contributed by atoms with Crippen LogP contribution in [0.2, 0.25) is 0 Å². The average molecular weight is 269 g/mol. The lowest BCUT2D eigenvalue weighted by Crippen LogP contribution is -2.35. The van der Waals surface area contributed by atoms with Crippen LogP contribution in [0.3, 0.4) is 0 Å². The van der Waals surface area contributed by atoms with Crippen LogP contribution in [0.15, 0.2) is 60.7 Å². The molecular formula is C16H15NO3. The van der Waals surface area contributed by atoms with Crippen LogP contribution in [0.5, 0.6) is 0 Å². The number of nitrogens with zero attached hydrogens (tertiary/aromatic N) is 1. The molecule has 2 aromatic carbocycles. The van der Waals surface area contributed by atoms with Crippen LogP contribution in [0.1, 0.15) is 15.9 Å². The van der Waals surface area contributed by atoms with E-state index < -0.39 is 5.97 Å². The van der Waals surface area contributed by atoms with Gasteiger partial charge in [-0.25, -0.2) is 0 Å². The normalized spacial score (nSPS) is 10.0. The molecule has 4 nitrogen and oxygen atoms in total. The standard InChI is InChI=1S/C16H15NO3/c18-15(19)12-17(11-13-7-3-1-4-8-13)16(20)14-9-5-2-6-10-14/h1-10H,11-12H2,(H,18,19). The van der Waals surface area contributed by atoms with Gasteiger partial charge in [0, 0.05) is 12.1 Å². The predicted octanol–water partition coefficient (Wildman–Crippen LogP) is 2.41. The summed E-state index contributed by atoms with van der Waals surface area (Å²) in [4.78, 5) is 24.6. The smallest absolute Gasteiger partial charge is 0.323 e. The van der Waals surface area contributed by atoms with Gasteiger partial charge in [-0.1, -0.05) is 48.5 Å². The van der Waals surface area contributed by atoms with Crippen molar-refractivity contribution in [1.82, 2.24) is 4.90 Å². The van der Waals surface area contributed by atoms with Gasteiger partial charge in [-0.3, -0.25) is 9.59 Å². The molecule has 4 heteroatoms. The molecule has 0 heterocycles. The molecule has 0 bridgehead atoms. The number of carbonyl (C=O) groups excluding carboxylic acids is 1. The summed E-state index contributed by atoms with van der Waals surface area (Å²) < 4.78 is 0. The minimum absolute atomic E-state index is 0.279. The Morgan fingerprint density at radius 1 is 0.900 bits per heavy atom. The second-order valence-corrected chi connectivity index (χ2v) is 4.41. The van der Waals surface area contributed by atoms with Gasteiger partial charge in [0.25, 0.3) is 5.91 Å². The van der Waals surface area contributed by atoms with Gasteiger partial charge in [-0.15, -0.1) is 0 Å². The Balaban J connectivity index is 2.19. The summed E-state index contributed by atoms with van der Waals surface area (Å²) in [6.07, 6.45) is 0. The second-order valence-electron chi connectivity index (χ2n) is 4.41. The molecule has 102 valence electrons. The molecule has 0 aromatic heterocycles. The van der Waals surface area contributed by atoms with Crippen LogP contribution in [0.25, 0.3) is 0 Å². The molecular weight excluding hydrogens is 254 g/mol. The molecule has 1 amide bonds. The third-order valence-electron chi connectivity index (χ3n) is 2.85. The van der Waals surface area contributed by atoms with Gasteiger partial charge in [0.15, 0.2) is 0 Å². The highest BCUT2D eigenvalue weighted by Gasteiger charge is 2.18. The van der Waals surface area contributed by atoms with Crippen molar-refractivity contribution in [2.45, 2.75) is 6.54 Å². The second kappa shape index (κ2) is 6.52. The van der Waals surface area contributed by atoms with Crippen molar-refractivity contribution in [3.8, 4) is 0 Å². The van der Waals surface area contributed by atoms with Gasteiger partial charge >= 0.3 is 5.97 Å². The quantitative estimate of drug-likeness (QED) is 0.906. The molecule has 2 aromatic rings. The van der Waals surface area contributed by atoms with Gasteiger partial charge < -0.3 is 10.0 Å². The van der Waals surface area contributed by atoms with Crippen LogP contribution in [0.4, 0.5) is 0 Å². The van der Waals surface area contributed by atoms with Gasteiger partial charge in [-0.05, 0) is 17.7 Å². The fourth-order valence-electron chi connectivity index (χ4n) is 1.93. The lowest BCUT2D eigenvalue weighted by atomic mass is 10.1.